The largest absolute Gasteiger partial charge is 0.379 e. The SMILES string of the molecule is NC1CCC(Nc2cc(-c3c(F)cccc3F)nn3c(Cl)cnc23)CC1. The molecule has 2 aromatic heterocycles. The number of nitrogens with zero attached hydrogens (tertiary/aromatic N) is 3. The maximum absolute atomic E-state index is 14.2. The lowest BCUT2D eigenvalue weighted by molar-refractivity contribution is 0.411. The second kappa shape index (κ2) is 6.81. The molecule has 3 N–H and O–H groups in total. The van der Waals surface area contributed by atoms with E-state index in [4.69, 9.17) is 17.3 Å². The molecule has 136 valence electrons. The van der Waals surface area contributed by atoms with Gasteiger partial charge in [0.25, 0.3) is 0 Å². The van der Waals surface area contributed by atoms with E-state index in [2.05, 4.69) is 15.4 Å². The maximum Gasteiger partial charge on any atom is 0.178 e. The van der Waals surface area contributed by atoms with Crippen molar-refractivity contribution in [3.8, 4) is 11.3 Å². The molecule has 0 saturated heterocycles. The fourth-order valence-corrected chi connectivity index (χ4v) is 3.56. The number of benzene rings is 1. The lowest BCUT2D eigenvalue weighted by Gasteiger charge is -2.27. The standard InChI is InChI=1S/C18H18ClF2N5/c19-16-9-23-18-15(24-11-6-4-10(22)5-7-11)8-14(25-26(16)18)17-12(20)2-1-3-13(17)21/h1-3,8-11,24H,4-7,22H2. The van der Waals surface area contributed by atoms with E-state index in [0.717, 1.165) is 25.7 Å². The van der Waals surface area contributed by atoms with Crippen LogP contribution in [-0.4, -0.2) is 26.7 Å². The quantitative estimate of drug-likeness (QED) is 0.723. The second-order valence-electron chi connectivity index (χ2n) is 6.61. The van der Waals surface area contributed by atoms with Crippen LogP contribution in [0.5, 0.6) is 0 Å². The Balaban J connectivity index is 1.79. The van der Waals surface area contributed by atoms with Gasteiger partial charge in [0.15, 0.2) is 10.8 Å². The molecule has 1 saturated carbocycles. The summed E-state index contributed by atoms with van der Waals surface area (Å²) in [7, 11) is 0. The molecule has 0 unspecified atom stereocenters. The van der Waals surface area contributed by atoms with E-state index in [1.54, 1.807) is 6.07 Å². The van der Waals surface area contributed by atoms with E-state index in [1.165, 1.54) is 28.9 Å². The van der Waals surface area contributed by atoms with Gasteiger partial charge in [0, 0.05) is 12.1 Å². The summed E-state index contributed by atoms with van der Waals surface area (Å²) in [4.78, 5) is 4.27. The smallest absolute Gasteiger partial charge is 0.178 e. The van der Waals surface area contributed by atoms with Gasteiger partial charge in [-0.25, -0.2) is 13.8 Å². The van der Waals surface area contributed by atoms with Crippen LogP contribution >= 0.6 is 11.6 Å². The van der Waals surface area contributed by atoms with Crippen LogP contribution in [0.3, 0.4) is 0 Å². The van der Waals surface area contributed by atoms with E-state index in [9.17, 15) is 8.78 Å². The molecule has 0 spiro atoms. The Kier molecular flexibility index (Phi) is 4.50. The minimum absolute atomic E-state index is 0.156. The summed E-state index contributed by atoms with van der Waals surface area (Å²) in [6.07, 6.45) is 5.18. The van der Waals surface area contributed by atoms with Crippen molar-refractivity contribution in [1.29, 1.82) is 0 Å². The molecular weight excluding hydrogens is 360 g/mol. The highest BCUT2D eigenvalue weighted by atomic mass is 35.5. The van der Waals surface area contributed by atoms with Crippen LogP contribution in [0, 0.1) is 11.6 Å². The van der Waals surface area contributed by atoms with Gasteiger partial charge >= 0.3 is 0 Å². The molecule has 2 heterocycles. The molecule has 5 nitrogen and oxygen atoms in total. The average molecular weight is 378 g/mol. The van der Waals surface area contributed by atoms with Gasteiger partial charge in [0.05, 0.1) is 23.1 Å². The fourth-order valence-electron chi connectivity index (χ4n) is 3.40. The number of hydrogen-bond acceptors (Lipinski definition) is 4. The summed E-state index contributed by atoms with van der Waals surface area (Å²) < 4.78 is 29.8. The summed E-state index contributed by atoms with van der Waals surface area (Å²) in [6, 6.07) is 5.80. The van der Waals surface area contributed by atoms with Gasteiger partial charge in [-0.1, -0.05) is 17.7 Å². The molecule has 0 radical (unpaired) electrons. The molecule has 0 bridgehead atoms. The van der Waals surface area contributed by atoms with Gasteiger partial charge in [-0.15, -0.1) is 0 Å². The van der Waals surface area contributed by atoms with Crippen molar-refractivity contribution < 1.29 is 8.78 Å². The van der Waals surface area contributed by atoms with Crippen LogP contribution in [-0.2, 0) is 0 Å². The summed E-state index contributed by atoms with van der Waals surface area (Å²) >= 11 is 6.15. The molecule has 8 heteroatoms. The van der Waals surface area contributed by atoms with Gasteiger partial charge in [-0.2, -0.15) is 9.61 Å². The first kappa shape index (κ1) is 17.2. The highest BCUT2D eigenvalue weighted by Gasteiger charge is 2.22. The normalized spacial score (nSPS) is 20.5. The first-order valence-corrected chi connectivity index (χ1v) is 8.91. The van der Waals surface area contributed by atoms with Crippen molar-refractivity contribution >= 4 is 22.9 Å². The van der Waals surface area contributed by atoms with Gasteiger partial charge in [-0.3, -0.25) is 0 Å². The summed E-state index contributed by atoms with van der Waals surface area (Å²) in [5, 5.41) is 7.97. The van der Waals surface area contributed by atoms with Gasteiger partial charge in [0.1, 0.15) is 11.6 Å². The maximum atomic E-state index is 14.2. The Morgan fingerprint density at radius 2 is 1.85 bits per heavy atom. The molecule has 26 heavy (non-hydrogen) atoms. The predicted octanol–water partition coefficient (Wildman–Crippen LogP) is 4.01. The van der Waals surface area contributed by atoms with E-state index in [-0.39, 0.29) is 28.5 Å². The van der Waals surface area contributed by atoms with Crippen LogP contribution in [0.2, 0.25) is 5.15 Å². The second-order valence-corrected chi connectivity index (χ2v) is 7.00. The van der Waals surface area contributed by atoms with Crippen molar-refractivity contribution in [2.75, 3.05) is 5.32 Å². The molecule has 1 aliphatic rings. The molecule has 0 atom stereocenters. The Morgan fingerprint density at radius 3 is 2.54 bits per heavy atom. The van der Waals surface area contributed by atoms with Gasteiger partial charge in [0.2, 0.25) is 0 Å². The Morgan fingerprint density at radius 1 is 1.15 bits per heavy atom. The monoisotopic (exact) mass is 377 g/mol. The fraction of sp³-hybridized carbons (Fsp3) is 0.333. The summed E-state index contributed by atoms with van der Waals surface area (Å²) in [6.45, 7) is 0. The Hall–Kier alpha value is -2.25. The highest BCUT2D eigenvalue weighted by molar-refractivity contribution is 6.29. The lowest BCUT2D eigenvalue weighted by Crippen LogP contribution is -2.33. The third-order valence-corrected chi connectivity index (χ3v) is 5.03. The number of rotatable bonds is 3. The lowest BCUT2D eigenvalue weighted by atomic mass is 9.91. The van der Waals surface area contributed by atoms with Crippen LogP contribution in [0.25, 0.3) is 16.9 Å². The molecule has 1 fully saturated rings. The van der Waals surface area contributed by atoms with Crippen molar-refractivity contribution in [1.82, 2.24) is 14.6 Å². The number of hydrogen-bond donors (Lipinski definition) is 2. The predicted molar refractivity (Wildman–Crippen MR) is 97.2 cm³/mol. The van der Waals surface area contributed by atoms with Crippen LogP contribution in [0.1, 0.15) is 25.7 Å². The number of nitrogens with two attached hydrogens (primary N) is 1. The number of aromatic nitrogens is 3. The number of anilines is 1. The number of imidazole rings is 1. The van der Waals surface area contributed by atoms with Gasteiger partial charge < -0.3 is 11.1 Å². The molecule has 1 aromatic carbocycles. The van der Waals surface area contributed by atoms with Crippen molar-refractivity contribution in [3.63, 3.8) is 0 Å². The van der Waals surface area contributed by atoms with Crippen molar-refractivity contribution in [3.05, 3.63) is 47.2 Å². The van der Waals surface area contributed by atoms with Crippen LogP contribution in [0.4, 0.5) is 14.5 Å². The molecule has 0 aliphatic heterocycles. The average Bonchev–Trinajstić information content (AvgIpc) is 2.98. The van der Waals surface area contributed by atoms with Crippen LogP contribution < -0.4 is 11.1 Å². The first-order chi connectivity index (χ1) is 12.5. The van der Waals surface area contributed by atoms with Crippen molar-refractivity contribution in [2.24, 2.45) is 5.73 Å². The van der Waals surface area contributed by atoms with Crippen LogP contribution in [0.15, 0.2) is 30.5 Å². The molecule has 3 aromatic rings. The minimum atomic E-state index is -0.678. The van der Waals surface area contributed by atoms with E-state index >= 15 is 0 Å². The first-order valence-electron chi connectivity index (χ1n) is 8.53. The highest BCUT2D eigenvalue weighted by Crippen LogP contribution is 2.31. The van der Waals surface area contributed by atoms with E-state index < -0.39 is 11.6 Å². The molecule has 0 amide bonds. The molecular formula is C18H18ClF2N5. The topological polar surface area (TPSA) is 68.2 Å². The summed E-state index contributed by atoms with van der Waals surface area (Å²) in [5.74, 6) is -1.36. The van der Waals surface area contributed by atoms with E-state index in [0.29, 0.717) is 11.3 Å². The molecule has 4 rings (SSSR count). The zero-order valence-corrected chi connectivity index (χ0v) is 14.7. The number of nitrogens with one attached hydrogen (secondary N) is 1. The third kappa shape index (κ3) is 3.12. The zero-order chi connectivity index (χ0) is 18.3. The summed E-state index contributed by atoms with van der Waals surface area (Å²) in [5.41, 5.74) is 7.09. The Bertz CT molecular complexity index is 930. The number of halogens is 3. The minimum Gasteiger partial charge on any atom is -0.379 e. The zero-order valence-electron chi connectivity index (χ0n) is 13.9. The Labute approximate surface area is 154 Å². The third-order valence-electron chi connectivity index (χ3n) is 4.78. The molecule has 1 aliphatic carbocycles. The number of fused-ring (bicyclic) bond motifs is 1. The van der Waals surface area contributed by atoms with Gasteiger partial charge in [-0.05, 0) is 43.9 Å². The van der Waals surface area contributed by atoms with Crippen molar-refractivity contribution in [2.45, 2.75) is 37.8 Å². The van der Waals surface area contributed by atoms with E-state index in [1.807, 2.05) is 0 Å².